The number of rotatable bonds is 6. The van der Waals surface area contributed by atoms with Crippen LogP contribution in [0.3, 0.4) is 0 Å². The second-order valence-electron chi connectivity index (χ2n) is 4.96. The molecule has 20 heavy (non-hydrogen) atoms. The topological polar surface area (TPSA) is 53.9 Å². The molecule has 0 saturated heterocycles. The van der Waals surface area contributed by atoms with E-state index in [0.717, 1.165) is 5.56 Å². The molecule has 1 amide bonds. The van der Waals surface area contributed by atoms with Gasteiger partial charge in [0.25, 0.3) is 0 Å². The van der Waals surface area contributed by atoms with Crippen LogP contribution in [0.15, 0.2) is 35.3 Å². The highest BCUT2D eigenvalue weighted by molar-refractivity contribution is 5.67. The molecule has 0 aliphatic rings. The number of nitrogens with one attached hydrogen (secondary N) is 1. The zero-order chi connectivity index (χ0) is 15.0. The Balaban J connectivity index is 2.34. The van der Waals surface area contributed by atoms with Gasteiger partial charge in [0.05, 0.1) is 18.4 Å². The second-order valence-corrected chi connectivity index (χ2v) is 4.96. The summed E-state index contributed by atoms with van der Waals surface area (Å²) in [7, 11) is 3.81. The highest BCUT2D eigenvalue weighted by Crippen LogP contribution is 2.02. The summed E-state index contributed by atoms with van der Waals surface area (Å²) in [5.41, 5.74) is 0.967. The minimum Gasteiger partial charge on any atom is -0.445 e. The van der Waals surface area contributed by atoms with Crippen molar-refractivity contribution in [3.05, 3.63) is 35.9 Å². The number of amides is 1. The van der Waals surface area contributed by atoms with Crippen LogP contribution in [0.4, 0.5) is 4.79 Å². The summed E-state index contributed by atoms with van der Waals surface area (Å²) in [4.78, 5) is 17.9. The van der Waals surface area contributed by atoms with Crippen molar-refractivity contribution in [2.75, 3.05) is 14.1 Å². The number of carbonyl (C=O) groups is 1. The van der Waals surface area contributed by atoms with Crippen LogP contribution in [0.2, 0.25) is 0 Å². The highest BCUT2D eigenvalue weighted by atomic mass is 16.5. The van der Waals surface area contributed by atoms with Crippen LogP contribution < -0.4 is 5.32 Å². The molecule has 0 radical (unpaired) electrons. The number of hydrogen-bond acceptors (Lipinski definition) is 3. The number of benzene rings is 1. The molecule has 0 saturated carbocycles. The van der Waals surface area contributed by atoms with Gasteiger partial charge in [0.2, 0.25) is 0 Å². The Labute approximate surface area is 120 Å². The lowest BCUT2D eigenvalue weighted by Gasteiger charge is -2.18. The van der Waals surface area contributed by atoms with Crippen LogP contribution in [0.5, 0.6) is 0 Å². The monoisotopic (exact) mass is 277 g/mol. The van der Waals surface area contributed by atoms with E-state index < -0.39 is 6.09 Å². The highest BCUT2D eigenvalue weighted by Gasteiger charge is 2.14. The molecule has 1 aromatic carbocycles. The average molecular weight is 277 g/mol. The first-order valence-corrected chi connectivity index (χ1v) is 6.66. The molecular weight excluding hydrogens is 254 g/mol. The predicted molar refractivity (Wildman–Crippen MR) is 80.9 cm³/mol. The summed E-state index contributed by atoms with van der Waals surface area (Å²) in [6.45, 7) is 4.12. The van der Waals surface area contributed by atoms with Crippen LogP contribution in [-0.4, -0.2) is 43.5 Å². The molecule has 0 aromatic heterocycles. The van der Waals surface area contributed by atoms with Crippen LogP contribution in [0.1, 0.15) is 19.4 Å². The summed E-state index contributed by atoms with van der Waals surface area (Å²) < 4.78 is 5.16. The minimum absolute atomic E-state index is 0.0123. The lowest BCUT2D eigenvalue weighted by atomic mass is 10.2. The summed E-state index contributed by atoms with van der Waals surface area (Å²) in [6, 6.07) is 9.49. The standard InChI is InChI=1S/C15H23N3O2/c1-12(16-11-18(3)4)13(2)17-15(19)20-10-14-8-6-5-7-9-14/h5-9,11-13H,10H2,1-4H3,(H,17,19). The van der Waals surface area contributed by atoms with Gasteiger partial charge in [0.1, 0.15) is 6.61 Å². The van der Waals surface area contributed by atoms with Crippen molar-refractivity contribution in [1.82, 2.24) is 10.2 Å². The quantitative estimate of drug-likeness (QED) is 0.641. The fourth-order valence-corrected chi connectivity index (χ4v) is 1.44. The first-order chi connectivity index (χ1) is 9.49. The summed E-state index contributed by atoms with van der Waals surface area (Å²) in [6.07, 6.45) is 1.31. The lowest BCUT2D eigenvalue weighted by Crippen LogP contribution is -2.39. The first kappa shape index (κ1) is 16.0. The zero-order valence-electron chi connectivity index (χ0n) is 12.5. The fraction of sp³-hybridized carbons (Fsp3) is 0.467. The van der Waals surface area contributed by atoms with Crippen LogP contribution in [0.25, 0.3) is 0 Å². The molecule has 5 nitrogen and oxygen atoms in total. The maximum atomic E-state index is 11.7. The van der Waals surface area contributed by atoms with E-state index in [1.54, 1.807) is 6.34 Å². The third-order valence-electron chi connectivity index (χ3n) is 2.81. The second kappa shape index (κ2) is 8.19. The Morgan fingerprint density at radius 3 is 2.60 bits per heavy atom. The molecule has 0 aliphatic heterocycles. The van der Waals surface area contributed by atoms with Gasteiger partial charge in [-0.2, -0.15) is 0 Å². The van der Waals surface area contributed by atoms with Crippen molar-refractivity contribution in [3.8, 4) is 0 Å². The number of hydrogen-bond donors (Lipinski definition) is 1. The van der Waals surface area contributed by atoms with Gasteiger partial charge in [0.15, 0.2) is 0 Å². The average Bonchev–Trinajstić information content (AvgIpc) is 2.43. The van der Waals surface area contributed by atoms with Crippen LogP contribution in [0, 0.1) is 0 Å². The molecule has 5 heteroatoms. The van der Waals surface area contributed by atoms with E-state index in [1.807, 2.05) is 63.2 Å². The van der Waals surface area contributed by atoms with Crippen LogP contribution in [-0.2, 0) is 11.3 Å². The third kappa shape index (κ3) is 6.22. The van der Waals surface area contributed by atoms with Crippen molar-refractivity contribution in [2.24, 2.45) is 4.99 Å². The number of aliphatic imine (C=N–C) groups is 1. The Bertz CT molecular complexity index is 432. The summed E-state index contributed by atoms with van der Waals surface area (Å²) >= 11 is 0. The Morgan fingerprint density at radius 2 is 2.00 bits per heavy atom. The Kier molecular flexibility index (Phi) is 6.56. The SMILES string of the molecule is CC(N=CN(C)C)C(C)NC(=O)OCc1ccccc1. The Morgan fingerprint density at radius 1 is 1.35 bits per heavy atom. The normalized spacial score (nSPS) is 13.8. The molecule has 1 N–H and O–H groups in total. The van der Waals surface area contributed by atoms with E-state index in [0.29, 0.717) is 0 Å². The van der Waals surface area contributed by atoms with E-state index >= 15 is 0 Å². The maximum Gasteiger partial charge on any atom is 0.407 e. The number of alkyl carbamates (subject to hydrolysis) is 1. The molecule has 1 rings (SSSR count). The van der Waals surface area contributed by atoms with Gasteiger partial charge in [0, 0.05) is 14.1 Å². The minimum atomic E-state index is -0.423. The van der Waals surface area contributed by atoms with E-state index in [-0.39, 0.29) is 18.7 Å². The van der Waals surface area contributed by atoms with Crippen molar-refractivity contribution < 1.29 is 9.53 Å². The first-order valence-electron chi connectivity index (χ1n) is 6.66. The molecule has 110 valence electrons. The molecule has 2 atom stereocenters. The molecule has 0 aliphatic carbocycles. The number of nitrogens with zero attached hydrogens (tertiary/aromatic N) is 2. The van der Waals surface area contributed by atoms with E-state index in [9.17, 15) is 4.79 Å². The van der Waals surface area contributed by atoms with Crippen molar-refractivity contribution in [1.29, 1.82) is 0 Å². The van der Waals surface area contributed by atoms with E-state index in [4.69, 9.17) is 4.74 Å². The Hall–Kier alpha value is -2.04. The molecular formula is C15H23N3O2. The van der Waals surface area contributed by atoms with Gasteiger partial charge < -0.3 is 15.0 Å². The van der Waals surface area contributed by atoms with E-state index in [1.165, 1.54) is 0 Å². The van der Waals surface area contributed by atoms with Gasteiger partial charge in [-0.15, -0.1) is 0 Å². The fourth-order valence-electron chi connectivity index (χ4n) is 1.44. The van der Waals surface area contributed by atoms with Crippen molar-refractivity contribution in [3.63, 3.8) is 0 Å². The number of ether oxygens (including phenoxy) is 1. The van der Waals surface area contributed by atoms with Gasteiger partial charge >= 0.3 is 6.09 Å². The van der Waals surface area contributed by atoms with Gasteiger partial charge in [-0.25, -0.2) is 4.79 Å². The third-order valence-corrected chi connectivity index (χ3v) is 2.81. The largest absolute Gasteiger partial charge is 0.445 e. The summed E-state index contributed by atoms with van der Waals surface area (Å²) in [5.74, 6) is 0. The molecule has 2 unspecified atom stereocenters. The van der Waals surface area contributed by atoms with Crippen LogP contribution >= 0.6 is 0 Å². The van der Waals surface area contributed by atoms with Gasteiger partial charge in [-0.3, -0.25) is 4.99 Å². The molecule has 0 fully saturated rings. The molecule has 0 heterocycles. The van der Waals surface area contributed by atoms with Crippen molar-refractivity contribution >= 4 is 12.4 Å². The van der Waals surface area contributed by atoms with E-state index in [2.05, 4.69) is 10.3 Å². The molecule has 0 spiro atoms. The molecule has 0 bridgehead atoms. The predicted octanol–water partition coefficient (Wildman–Crippen LogP) is 2.28. The zero-order valence-corrected chi connectivity index (χ0v) is 12.5. The number of carbonyl (C=O) groups excluding carboxylic acids is 1. The van der Waals surface area contributed by atoms with Gasteiger partial charge in [-0.05, 0) is 19.4 Å². The van der Waals surface area contributed by atoms with Crippen molar-refractivity contribution in [2.45, 2.75) is 32.5 Å². The summed E-state index contributed by atoms with van der Waals surface area (Å²) in [5, 5.41) is 2.78. The lowest BCUT2D eigenvalue weighted by molar-refractivity contribution is 0.135. The molecule has 1 aromatic rings. The smallest absolute Gasteiger partial charge is 0.407 e. The maximum absolute atomic E-state index is 11.7. The van der Waals surface area contributed by atoms with Gasteiger partial charge in [-0.1, -0.05) is 30.3 Å².